The zero-order valence-corrected chi connectivity index (χ0v) is 10.4. The van der Waals surface area contributed by atoms with E-state index in [9.17, 15) is 14.0 Å². The summed E-state index contributed by atoms with van der Waals surface area (Å²) in [5, 5.41) is 12.2. The number of hydrogen-bond donors (Lipinski definition) is 3. The number of aromatic amines is 1. The molecule has 0 spiro atoms. The highest BCUT2D eigenvalue weighted by Gasteiger charge is 2.19. The number of benzene rings is 1. The molecule has 4 N–H and O–H groups in total. The van der Waals surface area contributed by atoms with Crippen molar-refractivity contribution in [3.05, 3.63) is 35.8 Å². The third kappa shape index (κ3) is 2.97. The molecule has 8 heteroatoms. The average Bonchev–Trinajstić information content (AvgIpc) is 2.87. The Balaban J connectivity index is 2.19. The number of carbonyl (C=O) groups is 2. The van der Waals surface area contributed by atoms with Crippen molar-refractivity contribution < 1.29 is 14.0 Å². The summed E-state index contributed by atoms with van der Waals surface area (Å²) in [5.74, 6) is -1.59. The van der Waals surface area contributed by atoms with E-state index in [0.29, 0.717) is 0 Å². The molecule has 1 heterocycles. The SMILES string of the molecule is NC(=O)CCNC(=O)c1n[nH]nc1-c1ccccc1F. The lowest BCUT2D eigenvalue weighted by Gasteiger charge is -2.03. The largest absolute Gasteiger partial charge is 0.370 e. The first-order valence-corrected chi connectivity index (χ1v) is 5.81. The Morgan fingerprint density at radius 1 is 1.30 bits per heavy atom. The van der Waals surface area contributed by atoms with Crippen LogP contribution in [-0.2, 0) is 4.79 Å². The first-order chi connectivity index (χ1) is 9.59. The van der Waals surface area contributed by atoms with Crippen molar-refractivity contribution in [2.45, 2.75) is 6.42 Å². The summed E-state index contributed by atoms with van der Waals surface area (Å²) < 4.78 is 13.7. The van der Waals surface area contributed by atoms with Gasteiger partial charge < -0.3 is 11.1 Å². The van der Waals surface area contributed by atoms with E-state index >= 15 is 0 Å². The van der Waals surface area contributed by atoms with Gasteiger partial charge in [-0.25, -0.2) is 4.39 Å². The molecule has 0 radical (unpaired) electrons. The number of primary amides is 1. The quantitative estimate of drug-likeness (QED) is 0.725. The summed E-state index contributed by atoms with van der Waals surface area (Å²) in [6.45, 7) is 0.0811. The van der Waals surface area contributed by atoms with E-state index in [1.165, 1.54) is 18.2 Å². The highest BCUT2D eigenvalue weighted by Crippen LogP contribution is 2.22. The van der Waals surface area contributed by atoms with Crippen molar-refractivity contribution in [2.75, 3.05) is 6.54 Å². The summed E-state index contributed by atoms with van der Waals surface area (Å²) in [7, 11) is 0. The van der Waals surface area contributed by atoms with Gasteiger partial charge in [-0.1, -0.05) is 12.1 Å². The highest BCUT2D eigenvalue weighted by molar-refractivity contribution is 5.98. The van der Waals surface area contributed by atoms with Gasteiger partial charge in [0.15, 0.2) is 5.69 Å². The molecule has 0 bridgehead atoms. The van der Waals surface area contributed by atoms with Crippen LogP contribution < -0.4 is 11.1 Å². The zero-order chi connectivity index (χ0) is 14.5. The van der Waals surface area contributed by atoms with Crippen molar-refractivity contribution in [3.8, 4) is 11.3 Å². The number of hydrogen-bond acceptors (Lipinski definition) is 4. The molecule has 0 aliphatic carbocycles. The molecular weight excluding hydrogens is 265 g/mol. The Kier molecular flexibility index (Phi) is 4.04. The number of nitrogens with two attached hydrogens (primary N) is 1. The fourth-order valence-corrected chi connectivity index (χ4v) is 1.61. The maximum Gasteiger partial charge on any atom is 0.274 e. The molecule has 0 aliphatic heterocycles. The van der Waals surface area contributed by atoms with Gasteiger partial charge in [-0.15, -0.1) is 0 Å². The minimum absolute atomic E-state index is 0.0125. The normalized spacial score (nSPS) is 10.2. The van der Waals surface area contributed by atoms with Crippen LogP contribution in [0.15, 0.2) is 24.3 Å². The van der Waals surface area contributed by atoms with Crippen LogP contribution in [0.1, 0.15) is 16.9 Å². The summed E-state index contributed by atoms with van der Waals surface area (Å²) in [5.41, 5.74) is 5.20. The van der Waals surface area contributed by atoms with Crippen molar-refractivity contribution in [3.63, 3.8) is 0 Å². The molecule has 0 aliphatic rings. The van der Waals surface area contributed by atoms with Crippen molar-refractivity contribution in [2.24, 2.45) is 5.73 Å². The zero-order valence-electron chi connectivity index (χ0n) is 10.4. The molecule has 2 rings (SSSR count). The standard InChI is InChI=1S/C12H12FN5O2/c13-8-4-2-1-3-7(8)10-11(17-18-16-10)12(20)15-6-5-9(14)19/h1-4H,5-6H2,(H2,14,19)(H,15,20)(H,16,17,18). The molecule has 2 aromatic rings. The summed E-state index contributed by atoms with van der Waals surface area (Å²) in [6, 6.07) is 5.92. The van der Waals surface area contributed by atoms with E-state index in [1.807, 2.05) is 0 Å². The van der Waals surface area contributed by atoms with E-state index in [1.54, 1.807) is 6.07 Å². The van der Waals surface area contributed by atoms with Crippen LogP contribution >= 0.6 is 0 Å². The lowest BCUT2D eigenvalue weighted by molar-refractivity contribution is -0.117. The van der Waals surface area contributed by atoms with Crippen LogP contribution in [0.3, 0.4) is 0 Å². The maximum absolute atomic E-state index is 13.7. The molecule has 0 saturated heterocycles. The third-order valence-electron chi connectivity index (χ3n) is 2.55. The second-order valence-corrected chi connectivity index (χ2v) is 3.97. The van der Waals surface area contributed by atoms with Gasteiger partial charge in [0.25, 0.3) is 5.91 Å². The highest BCUT2D eigenvalue weighted by atomic mass is 19.1. The van der Waals surface area contributed by atoms with Crippen LogP contribution in [0.25, 0.3) is 11.3 Å². The smallest absolute Gasteiger partial charge is 0.274 e. The van der Waals surface area contributed by atoms with Gasteiger partial charge in [-0.05, 0) is 12.1 Å². The fraction of sp³-hybridized carbons (Fsp3) is 0.167. The van der Waals surface area contributed by atoms with E-state index in [0.717, 1.165) is 0 Å². The van der Waals surface area contributed by atoms with Crippen LogP contribution in [0.4, 0.5) is 4.39 Å². The number of nitrogens with zero attached hydrogens (tertiary/aromatic N) is 2. The Labute approximate surface area is 113 Å². The minimum Gasteiger partial charge on any atom is -0.370 e. The predicted molar refractivity (Wildman–Crippen MR) is 67.9 cm³/mol. The van der Waals surface area contributed by atoms with E-state index in [2.05, 4.69) is 20.7 Å². The third-order valence-corrected chi connectivity index (χ3v) is 2.55. The molecule has 0 saturated carbocycles. The molecule has 1 aromatic carbocycles. The fourth-order valence-electron chi connectivity index (χ4n) is 1.61. The van der Waals surface area contributed by atoms with Gasteiger partial charge in [-0.3, -0.25) is 9.59 Å². The average molecular weight is 277 g/mol. The summed E-state index contributed by atoms with van der Waals surface area (Å²) >= 11 is 0. The van der Waals surface area contributed by atoms with Crippen LogP contribution in [0.2, 0.25) is 0 Å². The van der Waals surface area contributed by atoms with Crippen LogP contribution in [0.5, 0.6) is 0 Å². The Hall–Kier alpha value is -2.77. The van der Waals surface area contributed by atoms with E-state index in [4.69, 9.17) is 5.73 Å². The lowest BCUT2D eigenvalue weighted by atomic mass is 10.1. The first-order valence-electron chi connectivity index (χ1n) is 5.81. The van der Waals surface area contributed by atoms with Gasteiger partial charge in [0.2, 0.25) is 5.91 Å². The van der Waals surface area contributed by atoms with Crippen LogP contribution in [0, 0.1) is 5.82 Å². The first kappa shape index (κ1) is 13.7. The number of carbonyl (C=O) groups excluding carboxylic acids is 2. The van der Waals surface area contributed by atoms with Gasteiger partial charge in [0.1, 0.15) is 11.5 Å². The Morgan fingerprint density at radius 2 is 2.05 bits per heavy atom. The second kappa shape index (κ2) is 5.91. The molecule has 2 amide bonds. The Morgan fingerprint density at radius 3 is 2.75 bits per heavy atom. The molecule has 0 unspecified atom stereocenters. The van der Waals surface area contributed by atoms with Gasteiger partial charge in [0, 0.05) is 18.5 Å². The number of halogens is 1. The molecule has 0 fully saturated rings. The number of rotatable bonds is 5. The van der Waals surface area contributed by atoms with E-state index in [-0.39, 0.29) is 29.9 Å². The second-order valence-electron chi connectivity index (χ2n) is 3.97. The molecule has 7 nitrogen and oxygen atoms in total. The monoisotopic (exact) mass is 277 g/mol. The maximum atomic E-state index is 13.7. The molecule has 104 valence electrons. The van der Waals surface area contributed by atoms with E-state index < -0.39 is 17.6 Å². The molecule has 0 atom stereocenters. The summed E-state index contributed by atoms with van der Waals surface area (Å²) in [6.07, 6.45) is 0.0125. The van der Waals surface area contributed by atoms with Crippen LogP contribution in [-0.4, -0.2) is 33.8 Å². The lowest BCUT2D eigenvalue weighted by Crippen LogP contribution is -2.28. The van der Waals surface area contributed by atoms with Crippen molar-refractivity contribution in [1.82, 2.24) is 20.7 Å². The number of H-pyrrole nitrogens is 1. The molecule has 1 aromatic heterocycles. The number of amides is 2. The van der Waals surface area contributed by atoms with Gasteiger partial charge >= 0.3 is 0 Å². The number of aromatic nitrogens is 3. The molecule has 20 heavy (non-hydrogen) atoms. The minimum atomic E-state index is -0.557. The van der Waals surface area contributed by atoms with Gasteiger partial charge in [-0.2, -0.15) is 15.4 Å². The van der Waals surface area contributed by atoms with Crippen molar-refractivity contribution >= 4 is 11.8 Å². The molecular formula is C12H12FN5O2. The topological polar surface area (TPSA) is 114 Å². The van der Waals surface area contributed by atoms with Crippen molar-refractivity contribution in [1.29, 1.82) is 0 Å². The Bertz CT molecular complexity index is 640. The summed E-state index contributed by atoms with van der Waals surface area (Å²) in [4.78, 5) is 22.5. The number of nitrogens with one attached hydrogen (secondary N) is 2. The van der Waals surface area contributed by atoms with Gasteiger partial charge in [0.05, 0.1) is 0 Å². The predicted octanol–water partition coefficient (Wildman–Crippen LogP) is 0.216.